The van der Waals surface area contributed by atoms with Crippen molar-refractivity contribution in [2.45, 2.75) is 19.3 Å². The number of nitrogens with one attached hydrogen (secondary N) is 1. The Morgan fingerprint density at radius 3 is 3.00 bits per heavy atom. The first-order chi connectivity index (χ1) is 8.31. The van der Waals surface area contributed by atoms with Gasteiger partial charge in [-0.1, -0.05) is 22.4 Å². The van der Waals surface area contributed by atoms with Gasteiger partial charge in [-0.15, -0.1) is 0 Å². The molecule has 1 aromatic carbocycles. The average molecular weight is 292 g/mol. The van der Waals surface area contributed by atoms with Crippen molar-refractivity contribution in [1.82, 2.24) is 9.97 Å². The standard InChI is InChI=1S/C13H14BrN3/c14-11-4-5-12-10(6-11)8-16-13(17-12)15-7-9-2-1-3-9/h4-6,8-9H,1-3,7H2,(H,15,16,17). The molecule has 0 unspecified atom stereocenters. The number of hydrogen-bond acceptors (Lipinski definition) is 3. The minimum absolute atomic E-state index is 0.742. The fraction of sp³-hybridized carbons (Fsp3) is 0.385. The summed E-state index contributed by atoms with van der Waals surface area (Å²) in [6, 6.07) is 6.05. The third-order valence-corrected chi connectivity index (χ3v) is 3.81. The first-order valence-corrected chi connectivity index (χ1v) is 6.77. The number of anilines is 1. The quantitative estimate of drug-likeness (QED) is 0.939. The van der Waals surface area contributed by atoms with Crippen LogP contribution in [0.25, 0.3) is 10.9 Å². The minimum atomic E-state index is 0.742. The van der Waals surface area contributed by atoms with Crippen LogP contribution in [0.4, 0.5) is 5.95 Å². The molecule has 3 rings (SSSR count). The van der Waals surface area contributed by atoms with Crippen molar-refractivity contribution < 1.29 is 0 Å². The van der Waals surface area contributed by atoms with Crippen molar-refractivity contribution in [3.63, 3.8) is 0 Å². The van der Waals surface area contributed by atoms with E-state index >= 15 is 0 Å². The SMILES string of the molecule is Brc1ccc2nc(NCC3CCC3)ncc2c1. The number of fused-ring (bicyclic) bond motifs is 1. The van der Waals surface area contributed by atoms with Crippen molar-refractivity contribution in [2.75, 3.05) is 11.9 Å². The number of rotatable bonds is 3. The Balaban J connectivity index is 1.78. The van der Waals surface area contributed by atoms with Crippen LogP contribution in [0.3, 0.4) is 0 Å². The summed E-state index contributed by atoms with van der Waals surface area (Å²) in [5.74, 6) is 1.56. The summed E-state index contributed by atoms with van der Waals surface area (Å²) in [5.41, 5.74) is 0.985. The molecular weight excluding hydrogens is 278 g/mol. The summed E-state index contributed by atoms with van der Waals surface area (Å²) in [4.78, 5) is 8.84. The third-order valence-electron chi connectivity index (χ3n) is 3.32. The van der Waals surface area contributed by atoms with E-state index in [1.165, 1.54) is 19.3 Å². The molecule has 4 heteroatoms. The van der Waals surface area contributed by atoms with Gasteiger partial charge < -0.3 is 5.32 Å². The van der Waals surface area contributed by atoms with Crippen LogP contribution in [-0.4, -0.2) is 16.5 Å². The Hall–Kier alpha value is -1.16. The molecule has 0 radical (unpaired) electrons. The van der Waals surface area contributed by atoms with Gasteiger partial charge in [-0.3, -0.25) is 0 Å². The predicted molar refractivity (Wildman–Crippen MR) is 73.1 cm³/mol. The number of hydrogen-bond donors (Lipinski definition) is 1. The van der Waals surface area contributed by atoms with E-state index < -0.39 is 0 Å². The molecule has 0 atom stereocenters. The van der Waals surface area contributed by atoms with Crippen molar-refractivity contribution in [1.29, 1.82) is 0 Å². The normalized spacial score (nSPS) is 15.8. The van der Waals surface area contributed by atoms with Crippen LogP contribution in [0.2, 0.25) is 0 Å². The lowest BCUT2D eigenvalue weighted by molar-refractivity contribution is 0.333. The summed E-state index contributed by atoms with van der Waals surface area (Å²) in [5, 5.41) is 4.38. The fourth-order valence-corrected chi connectivity index (χ4v) is 2.40. The van der Waals surface area contributed by atoms with Crippen LogP contribution in [0.5, 0.6) is 0 Å². The molecule has 3 nitrogen and oxygen atoms in total. The smallest absolute Gasteiger partial charge is 0.223 e. The summed E-state index contributed by atoms with van der Waals surface area (Å²) in [6.45, 7) is 1.00. The van der Waals surface area contributed by atoms with Crippen molar-refractivity contribution >= 4 is 32.8 Å². The molecule has 0 bridgehead atoms. The average Bonchev–Trinajstić information content (AvgIpc) is 2.27. The lowest BCUT2D eigenvalue weighted by Crippen LogP contribution is -2.21. The van der Waals surface area contributed by atoms with Gasteiger partial charge in [0.25, 0.3) is 0 Å². The highest BCUT2D eigenvalue weighted by molar-refractivity contribution is 9.10. The molecule has 0 aliphatic heterocycles. The Morgan fingerprint density at radius 1 is 1.35 bits per heavy atom. The maximum Gasteiger partial charge on any atom is 0.223 e. The molecule has 1 fully saturated rings. The maximum atomic E-state index is 4.50. The van der Waals surface area contributed by atoms with E-state index in [0.717, 1.165) is 33.8 Å². The molecule has 1 saturated carbocycles. The van der Waals surface area contributed by atoms with Gasteiger partial charge in [-0.05, 0) is 37.0 Å². The highest BCUT2D eigenvalue weighted by Crippen LogP contribution is 2.26. The molecule has 1 aliphatic rings. The van der Waals surface area contributed by atoms with Crippen molar-refractivity contribution in [3.8, 4) is 0 Å². The van der Waals surface area contributed by atoms with Crippen LogP contribution < -0.4 is 5.32 Å². The molecule has 0 saturated heterocycles. The van der Waals surface area contributed by atoms with E-state index in [2.05, 4.69) is 31.2 Å². The zero-order chi connectivity index (χ0) is 11.7. The molecule has 2 aromatic rings. The molecule has 1 N–H and O–H groups in total. The second-order valence-electron chi connectivity index (χ2n) is 4.57. The fourth-order valence-electron chi connectivity index (χ4n) is 2.02. The van der Waals surface area contributed by atoms with Crippen LogP contribution in [-0.2, 0) is 0 Å². The summed E-state index contributed by atoms with van der Waals surface area (Å²) in [6.07, 6.45) is 5.93. The molecule has 17 heavy (non-hydrogen) atoms. The lowest BCUT2D eigenvalue weighted by atomic mass is 9.85. The second kappa shape index (κ2) is 4.61. The molecule has 1 aliphatic carbocycles. The van der Waals surface area contributed by atoms with E-state index in [4.69, 9.17) is 0 Å². The zero-order valence-corrected chi connectivity index (χ0v) is 11.1. The van der Waals surface area contributed by atoms with Crippen LogP contribution in [0, 0.1) is 5.92 Å². The number of aromatic nitrogens is 2. The van der Waals surface area contributed by atoms with Gasteiger partial charge in [0.15, 0.2) is 0 Å². The highest BCUT2D eigenvalue weighted by Gasteiger charge is 2.17. The van der Waals surface area contributed by atoms with E-state index in [0.29, 0.717) is 0 Å². The zero-order valence-electron chi connectivity index (χ0n) is 9.49. The number of nitrogens with zero attached hydrogens (tertiary/aromatic N) is 2. The predicted octanol–water partition coefficient (Wildman–Crippen LogP) is 3.60. The molecular formula is C13H14BrN3. The van der Waals surface area contributed by atoms with E-state index in [9.17, 15) is 0 Å². The Kier molecular flexibility index (Phi) is 2.97. The Bertz CT molecular complexity index is 537. The third kappa shape index (κ3) is 2.41. The Morgan fingerprint density at radius 2 is 2.24 bits per heavy atom. The maximum absolute atomic E-state index is 4.50. The first kappa shape index (κ1) is 11.0. The molecule has 88 valence electrons. The van der Waals surface area contributed by atoms with E-state index in [-0.39, 0.29) is 0 Å². The molecule has 0 amide bonds. The van der Waals surface area contributed by atoms with Crippen molar-refractivity contribution in [2.24, 2.45) is 5.92 Å². The lowest BCUT2D eigenvalue weighted by Gasteiger charge is -2.25. The molecule has 1 aromatic heterocycles. The molecule has 0 spiro atoms. The monoisotopic (exact) mass is 291 g/mol. The van der Waals surface area contributed by atoms with Gasteiger partial charge in [0.2, 0.25) is 5.95 Å². The number of halogens is 1. The van der Waals surface area contributed by atoms with Gasteiger partial charge in [-0.2, -0.15) is 0 Å². The van der Waals surface area contributed by atoms with Gasteiger partial charge in [-0.25, -0.2) is 9.97 Å². The van der Waals surface area contributed by atoms with Gasteiger partial charge in [0, 0.05) is 22.6 Å². The summed E-state index contributed by atoms with van der Waals surface area (Å²) < 4.78 is 1.06. The van der Waals surface area contributed by atoms with Gasteiger partial charge >= 0.3 is 0 Å². The second-order valence-corrected chi connectivity index (χ2v) is 5.49. The molecule has 1 heterocycles. The summed E-state index contributed by atoms with van der Waals surface area (Å²) >= 11 is 3.45. The van der Waals surface area contributed by atoms with E-state index in [1.54, 1.807) is 0 Å². The van der Waals surface area contributed by atoms with Crippen LogP contribution >= 0.6 is 15.9 Å². The van der Waals surface area contributed by atoms with E-state index in [1.807, 2.05) is 24.4 Å². The summed E-state index contributed by atoms with van der Waals surface area (Å²) in [7, 11) is 0. The van der Waals surface area contributed by atoms with Crippen LogP contribution in [0.1, 0.15) is 19.3 Å². The number of benzene rings is 1. The minimum Gasteiger partial charge on any atom is -0.354 e. The van der Waals surface area contributed by atoms with Crippen molar-refractivity contribution in [3.05, 3.63) is 28.9 Å². The van der Waals surface area contributed by atoms with Gasteiger partial charge in [0.05, 0.1) is 5.52 Å². The highest BCUT2D eigenvalue weighted by atomic mass is 79.9. The topological polar surface area (TPSA) is 37.8 Å². The Labute approximate surface area is 109 Å². The van der Waals surface area contributed by atoms with Crippen LogP contribution in [0.15, 0.2) is 28.9 Å². The largest absolute Gasteiger partial charge is 0.354 e. The van der Waals surface area contributed by atoms with Gasteiger partial charge in [0.1, 0.15) is 0 Å². The first-order valence-electron chi connectivity index (χ1n) is 5.97.